The van der Waals surface area contributed by atoms with Crippen LogP contribution in [0.3, 0.4) is 0 Å². The molecular weight excluding hydrogens is 357 g/mol. The fourth-order valence-electron chi connectivity index (χ4n) is 2.78. The predicted molar refractivity (Wildman–Crippen MR) is 93.3 cm³/mol. The Balaban J connectivity index is -0.00000264. The zero-order valence-electron chi connectivity index (χ0n) is 16.5. The van der Waals surface area contributed by atoms with Crippen molar-refractivity contribution in [2.45, 2.75) is 88.7 Å². The van der Waals surface area contributed by atoms with Crippen LogP contribution in [0, 0.1) is 0 Å². The van der Waals surface area contributed by atoms with Crippen molar-refractivity contribution in [1.82, 2.24) is 0 Å². The second-order valence-electron chi connectivity index (χ2n) is 6.35. The molecule has 1 amide bonds. The number of carbonyl (C=O) groups excluding carboxylic acids is 1. The van der Waals surface area contributed by atoms with Crippen LogP contribution in [0.1, 0.15) is 85.4 Å². The van der Waals surface area contributed by atoms with E-state index in [1.807, 2.05) is 0 Å². The fraction of sp³-hybridized carbons (Fsp3) is 0.875. The molecular formula is C16H32NNaO6S. The third-order valence-electron chi connectivity index (χ3n) is 4.28. The molecule has 0 aliphatic carbocycles. The summed E-state index contributed by atoms with van der Waals surface area (Å²) >= 11 is 0. The van der Waals surface area contributed by atoms with Crippen molar-refractivity contribution < 1.29 is 58.7 Å². The maximum atomic E-state index is 11.5. The van der Waals surface area contributed by atoms with Crippen LogP contribution in [0.2, 0.25) is 0 Å². The predicted octanol–water partition coefficient (Wildman–Crippen LogP) is 0.000500. The van der Waals surface area contributed by atoms with Crippen molar-refractivity contribution in [3.8, 4) is 0 Å². The molecule has 1 unspecified atom stereocenters. The number of unbranched alkanes of at least 4 members (excludes halogenated alkanes) is 9. The number of hydrogen-bond donors (Lipinski definition) is 3. The number of carboxylic acids is 1. The number of aliphatic carboxylic acids is 1. The molecule has 0 spiro atoms. The SMILES string of the molecule is CCCCCCCCCCCCC(CC(N)=O)(C(=O)O)S(=O)(=O)O.[H-].[Na+]. The summed E-state index contributed by atoms with van der Waals surface area (Å²) in [6, 6.07) is 0. The monoisotopic (exact) mass is 389 g/mol. The molecule has 0 saturated heterocycles. The molecule has 0 aliphatic rings. The summed E-state index contributed by atoms with van der Waals surface area (Å²) in [5, 5.41) is 9.20. The van der Waals surface area contributed by atoms with Crippen molar-refractivity contribution >= 4 is 22.0 Å². The number of carbonyl (C=O) groups is 2. The van der Waals surface area contributed by atoms with Crippen molar-refractivity contribution in [3.05, 3.63) is 0 Å². The van der Waals surface area contributed by atoms with Gasteiger partial charge in [-0.2, -0.15) is 8.42 Å². The third kappa shape index (κ3) is 10.6. The second kappa shape index (κ2) is 14.0. The molecule has 25 heavy (non-hydrogen) atoms. The number of carboxylic acid groups (broad SMARTS) is 1. The van der Waals surface area contributed by atoms with E-state index in [0.29, 0.717) is 12.8 Å². The largest absolute Gasteiger partial charge is 1.00 e. The average molecular weight is 389 g/mol. The minimum Gasteiger partial charge on any atom is -1.00 e. The van der Waals surface area contributed by atoms with Crippen molar-refractivity contribution in [3.63, 3.8) is 0 Å². The van der Waals surface area contributed by atoms with Gasteiger partial charge in [0.15, 0.2) is 0 Å². The van der Waals surface area contributed by atoms with E-state index in [2.05, 4.69) is 6.92 Å². The number of rotatable bonds is 15. The molecule has 0 rings (SSSR count). The van der Waals surface area contributed by atoms with Gasteiger partial charge in [-0.1, -0.05) is 71.1 Å². The number of nitrogens with two attached hydrogens (primary N) is 1. The quantitative estimate of drug-likeness (QED) is 0.205. The molecule has 0 heterocycles. The molecule has 0 aromatic rings. The Hall–Kier alpha value is -0.150. The normalized spacial score (nSPS) is 13.7. The molecule has 144 valence electrons. The molecule has 0 aliphatic heterocycles. The Labute approximate surface area is 174 Å². The first-order chi connectivity index (χ1) is 11.2. The summed E-state index contributed by atoms with van der Waals surface area (Å²) < 4.78 is 29.7. The smallest absolute Gasteiger partial charge is 1.00 e. The van der Waals surface area contributed by atoms with Crippen LogP contribution in [0.4, 0.5) is 0 Å². The van der Waals surface area contributed by atoms with E-state index in [1.165, 1.54) is 32.1 Å². The van der Waals surface area contributed by atoms with Gasteiger partial charge in [-0.15, -0.1) is 0 Å². The van der Waals surface area contributed by atoms with Crippen LogP contribution in [0.15, 0.2) is 0 Å². The van der Waals surface area contributed by atoms with Gasteiger partial charge in [0.2, 0.25) is 10.7 Å². The first kappa shape index (κ1) is 27.1. The molecule has 1 atom stereocenters. The Morgan fingerprint density at radius 2 is 1.36 bits per heavy atom. The molecule has 0 aromatic carbocycles. The summed E-state index contributed by atoms with van der Waals surface area (Å²) in [7, 11) is -4.93. The fourth-order valence-corrected chi connectivity index (χ4v) is 3.73. The van der Waals surface area contributed by atoms with E-state index >= 15 is 0 Å². The van der Waals surface area contributed by atoms with Crippen LogP contribution < -0.4 is 35.3 Å². The summed E-state index contributed by atoms with van der Waals surface area (Å²) in [5.74, 6) is -2.80. The summed E-state index contributed by atoms with van der Waals surface area (Å²) in [6.45, 7) is 2.17. The van der Waals surface area contributed by atoms with Crippen LogP contribution in [-0.4, -0.2) is 34.7 Å². The Morgan fingerprint density at radius 3 is 1.68 bits per heavy atom. The van der Waals surface area contributed by atoms with Crippen LogP contribution >= 0.6 is 0 Å². The summed E-state index contributed by atoms with van der Waals surface area (Å²) in [6.07, 6.45) is 8.80. The Morgan fingerprint density at radius 1 is 0.960 bits per heavy atom. The van der Waals surface area contributed by atoms with E-state index in [4.69, 9.17) is 5.73 Å². The second-order valence-corrected chi connectivity index (χ2v) is 8.08. The van der Waals surface area contributed by atoms with Gasteiger partial charge in [-0.05, 0) is 6.42 Å². The molecule has 0 fully saturated rings. The zero-order valence-corrected chi connectivity index (χ0v) is 18.3. The van der Waals surface area contributed by atoms with Crippen molar-refractivity contribution in [2.75, 3.05) is 0 Å². The maximum Gasteiger partial charge on any atom is 1.00 e. The first-order valence-electron chi connectivity index (χ1n) is 8.66. The Kier molecular flexibility index (Phi) is 15.1. The van der Waals surface area contributed by atoms with Gasteiger partial charge < -0.3 is 12.3 Å². The van der Waals surface area contributed by atoms with E-state index in [9.17, 15) is 27.7 Å². The van der Waals surface area contributed by atoms with Gasteiger partial charge >= 0.3 is 35.5 Å². The summed E-state index contributed by atoms with van der Waals surface area (Å²) in [5.41, 5.74) is 4.96. The molecule has 7 nitrogen and oxygen atoms in total. The van der Waals surface area contributed by atoms with Crippen molar-refractivity contribution in [2.24, 2.45) is 5.73 Å². The van der Waals surface area contributed by atoms with Crippen molar-refractivity contribution in [1.29, 1.82) is 0 Å². The van der Waals surface area contributed by atoms with Gasteiger partial charge in [0.25, 0.3) is 10.1 Å². The topological polar surface area (TPSA) is 135 Å². The van der Waals surface area contributed by atoms with E-state index in [0.717, 1.165) is 19.3 Å². The maximum absolute atomic E-state index is 11.5. The van der Waals surface area contributed by atoms with Gasteiger partial charge in [-0.25, -0.2) is 0 Å². The first-order valence-corrected chi connectivity index (χ1v) is 10.1. The summed E-state index contributed by atoms with van der Waals surface area (Å²) in [4.78, 5) is 22.4. The number of hydrogen-bond acceptors (Lipinski definition) is 4. The van der Waals surface area contributed by atoms with Crippen LogP contribution in [0.5, 0.6) is 0 Å². The standard InChI is InChI=1S/C16H31NO6S.Na.H/c1-2-3-4-5-6-7-8-9-10-11-12-16(15(19)20,13-14(17)18)24(21,22)23;;/h2-13H2,1H3,(H2,17,18)(H,19,20)(H,21,22,23);;/q;+1;-1. The molecule has 0 bridgehead atoms. The van der Waals surface area contributed by atoms with E-state index in [-0.39, 0.29) is 37.4 Å². The molecule has 4 N–H and O–H groups in total. The Bertz CT molecular complexity index is 503. The van der Waals surface area contributed by atoms with Crippen LogP contribution in [0.25, 0.3) is 0 Å². The van der Waals surface area contributed by atoms with Gasteiger partial charge in [0, 0.05) is 0 Å². The van der Waals surface area contributed by atoms with Gasteiger partial charge in [0.05, 0.1) is 6.42 Å². The molecule has 0 saturated carbocycles. The average Bonchev–Trinajstić information content (AvgIpc) is 2.46. The zero-order chi connectivity index (χ0) is 18.6. The van der Waals surface area contributed by atoms with Crippen LogP contribution in [-0.2, 0) is 19.7 Å². The van der Waals surface area contributed by atoms with Gasteiger partial charge in [0.1, 0.15) is 0 Å². The number of primary amides is 1. The minimum atomic E-state index is -4.93. The van der Waals surface area contributed by atoms with E-state index < -0.39 is 33.2 Å². The van der Waals surface area contributed by atoms with Gasteiger partial charge in [-0.3, -0.25) is 14.1 Å². The molecule has 0 radical (unpaired) electrons. The van der Waals surface area contributed by atoms with E-state index in [1.54, 1.807) is 0 Å². The molecule has 9 heteroatoms. The third-order valence-corrected chi connectivity index (χ3v) is 5.79. The molecule has 0 aromatic heterocycles. The minimum absolute atomic E-state index is 0. The number of amides is 1.